The number of hydrogen-bond acceptors (Lipinski definition) is 7. The van der Waals surface area contributed by atoms with Gasteiger partial charge in [-0.1, -0.05) is 11.6 Å². The summed E-state index contributed by atoms with van der Waals surface area (Å²) in [6, 6.07) is 5.52. The molecule has 3 aromatic rings. The van der Waals surface area contributed by atoms with Crippen LogP contribution in [0.2, 0.25) is 5.15 Å². The molecule has 2 aliphatic rings. The maximum atomic E-state index is 11.5. The Morgan fingerprint density at radius 3 is 2.81 bits per heavy atom. The molecular formula is C22H24ClN3O5S. The first-order chi connectivity index (χ1) is 15.3. The van der Waals surface area contributed by atoms with Gasteiger partial charge in [-0.2, -0.15) is 0 Å². The minimum Gasteiger partial charge on any atom is -0.493 e. The molecule has 0 saturated carbocycles. The summed E-state index contributed by atoms with van der Waals surface area (Å²) in [5.41, 5.74) is 1.98. The van der Waals surface area contributed by atoms with Crippen LogP contribution in [0.4, 0.5) is 0 Å². The van der Waals surface area contributed by atoms with Crippen LogP contribution in [0, 0.1) is 12.8 Å². The highest BCUT2D eigenvalue weighted by molar-refractivity contribution is 7.92. The molecule has 0 unspecified atom stereocenters. The molecule has 0 N–H and O–H groups in total. The van der Waals surface area contributed by atoms with Gasteiger partial charge in [-0.15, -0.1) is 0 Å². The molecule has 8 nitrogen and oxygen atoms in total. The number of halogens is 1. The standard InChI is InChI=1S/C22H24ClN3O5S/c1-14-9-26(18-7-20(23)24-8-17(14)18)21-6-16(31-10-15-11-32(27,28)12-15)5-19(25-21)22(29-2)3-4-30-13-22/h5-9,15H,3-4,10-13H2,1-2H3/t22-/m0/s1. The van der Waals surface area contributed by atoms with E-state index in [4.69, 9.17) is 30.8 Å². The van der Waals surface area contributed by atoms with Crippen LogP contribution in [-0.2, 0) is 24.9 Å². The van der Waals surface area contributed by atoms with Crippen LogP contribution in [-0.4, -0.2) is 61.4 Å². The lowest BCUT2D eigenvalue weighted by molar-refractivity contribution is -0.0247. The molecule has 10 heteroatoms. The molecule has 2 aliphatic heterocycles. The van der Waals surface area contributed by atoms with Crippen LogP contribution in [0.25, 0.3) is 16.7 Å². The average Bonchev–Trinajstić information content (AvgIpc) is 3.36. The van der Waals surface area contributed by atoms with Gasteiger partial charge in [-0.05, 0) is 12.5 Å². The Labute approximate surface area is 191 Å². The van der Waals surface area contributed by atoms with Gasteiger partial charge in [0, 0.05) is 62.0 Å². The van der Waals surface area contributed by atoms with Crippen LogP contribution in [0.3, 0.4) is 0 Å². The normalized spacial score (nSPS) is 22.8. The van der Waals surface area contributed by atoms with Crippen molar-refractivity contribution in [3.8, 4) is 11.6 Å². The molecule has 0 aliphatic carbocycles. The van der Waals surface area contributed by atoms with Crippen molar-refractivity contribution >= 4 is 32.3 Å². The van der Waals surface area contributed by atoms with E-state index in [9.17, 15) is 8.42 Å². The molecule has 0 amide bonds. The molecule has 2 saturated heterocycles. The van der Waals surface area contributed by atoms with Crippen LogP contribution < -0.4 is 4.74 Å². The average molecular weight is 478 g/mol. The van der Waals surface area contributed by atoms with Gasteiger partial charge in [0.15, 0.2) is 9.84 Å². The van der Waals surface area contributed by atoms with Crippen molar-refractivity contribution in [1.29, 1.82) is 0 Å². The van der Waals surface area contributed by atoms with E-state index in [0.29, 0.717) is 48.7 Å². The molecule has 32 heavy (non-hydrogen) atoms. The van der Waals surface area contributed by atoms with E-state index in [1.807, 2.05) is 35.9 Å². The largest absolute Gasteiger partial charge is 0.493 e. The Bertz CT molecular complexity index is 1270. The molecule has 5 rings (SSSR count). The van der Waals surface area contributed by atoms with Gasteiger partial charge in [0.25, 0.3) is 0 Å². The van der Waals surface area contributed by atoms with Crippen molar-refractivity contribution < 1.29 is 22.6 Å². The van der Waals surface area contributed by atoms with E-state index in [1.54, 1.807) is 13.3 Å². The van der Waals surface area contributed by atoms with Crippen LogP contribution in [0.1, 0.15) is 17.7 Å². The summed E-state index contributed by atoms with van der Waals surface area (Å²) < 4.78 is 42.5. The van der Waals surface area contributed by atoms with E-state index in [2.05, 4.69) is 4.98 Å². The van der Waals surface area contributed by atoms with Crippen molar-refractivity contribution in [3.05, 3.63) is 47.0 Å². The number of methoxy groups -OCH3 is 1. The first-order valence-electron chi connectivity index (χ1n) is 10.4. The summed E-state index contributed by atoms with van der Waals surface area (Å²) in [4.78, 5) is 9.12. The molecular weight excluding hydrogens is 454 g/mol. The molecule has 170 valence electrons. The predicted octanol–water partition coefficient (Wildman–Crippen LogP) is 3.07. The van der Waals surface area contributed by atoms with Gasteiger partial charge in [-0.25, -0.2) is 18.4 Å². The Morgan fingerprint density at radius 2 is 2.12 bits per heavy atom. The van der Waals surface area contributed by atoms with Crippen molar-refractivity contribution in [1.82, 2.24) is 14.5 Å². The number of hydrogen-bond donors (Lipinski definition) is 0. The summed E-state index contributed by atoms with van der Waals surface area (Å²) in [5, 5.41) is 1.38. The van der Waals surface area contributed by atoms with Gasteiger partial charge in [0.2, 0.25) is 0 Å². The Kier molecular flexibility index (Phi) is 5.40. The Hall–Kier alpha value is -2.20. The zero-order chi connectivity index (χ0) is 22.5. The SMILES string of the molecule is CO[C@@]1(c2cc(OCC3CS(=O)(=O)C3)cc(-n3cc(C)c4cnc(Cl)cc43)n2)CCOC1. The highest BCUT2D eigenvalue weighted by Crippen LogP contribution is 2.36. The number of aryl methyl sites for hydroxylation is 1. The topological polar surface area (TPSA) is 92.5 Å². The quantitative estimate of drug-likeness (QED) is 0.504. The van der Waals surface area contributed by atoms with Gasteiger partial charge < -0.3 is 18.8 Å². The zero-order valence-electron chi connectivity index (χ0n) is 17.9. The number of ether oxygens (including phenoxy) is 3. The van der Waals surface area contributed by atoms with Crippen molar-refractivity contribution in [2.45, 2.75) is 18.9 Å². The lowest BCUT2D eigenvalue weighted by atomic mass is 9.97. The number of aromatic nitrogens is 3. The predicted molar refractivity (Wildman–Crippen MR) is 120 cm³/mol. The van der Waals surface area contributed by atoms with Gasteiger partial charge >= 0.3 is 0 Å². The Balaban J connectivity index is 1.57. The summed E-state index contributed by atoms with van der Waals surface area (Å²) in [6.45, 7) is 3.33. The fourth-order valence-corrected chi connectivity index (χ4v) is 6.05. The molecule has 0 spiro atoms. The molecule has 1 atom stereocenters. The second-order valence-electron chi connectivity index (χ2n) is 8.51. The number of nitrogens with zero attached hydrogens (tertiary/aromatic N) is 3. The molecule has 2 fully saturated rings. The Morgan fingerprint density at radius 1 is 1.31 bits per heavy atom. The van der Waals surface area contributed by atoms with Crippen molar-refractivity contribution in [3.63, 3.8) is 0 Å². The summed E-state index contributed by atoms with van der Waals surface area (Å²) >= 11 is 6.17. The van der Waals surface area contributed by atoms with E-state index in [0.717, 1.165) is 16.5 Å². The van der Waals surface area contributed by atoms with E-state index in [1.165, 1.54) is 0 Å². The van der Waals surface area contributed by atoms with Crippen LogP contribution >= 0.6 is 11.6 Å². The van der Waals surface area contributed by atoms with Crippen molar-refractivity contribution in [2.24, 2.45) is 5.92 Å². The maximum absolute atomic E-state index is 11.5. The molecule has 0 radical (unpaired) electrons. The highest BCUT2D eigenvalue weighted by Gasteiger charge is 2.39. The number of sulfone groups is 1. The maximum Gasteiger partial charge on any atom is 0.151 e. The minimum atomic E-state index is -2.90. The molecule has 5 heterocycles. The second-order valence-corrected chi connectivity index (χ2v) is 11.0. The zero-order valence-corrected chi connectivity index (χ0v) is 19.4. The first kappa shape index (κ1) is 21.6. The molecule has 0 aromatic carbocycles. The molecule has 3 aromatic heterocycles. The number of fused-ring (bicyclic) bond motifs is 1. The second kappa shape index (κ2) is 7.98. The van der Waals surface area contributed by atoms with E-state index in [-0.39, 0.29) is 17.4 Å². The first-order valence-corrected chi connectivity index (χ1v) is 12.6. The lowest BCUT2D eigenvalue weighted by Crippen LogP contribution is -2.40. The van der Waals surface area contributed by atoms with E-state index < -0.39 is 15.4 Å². The highest BCUT2D eigenvalue weighted by atomic mass is 35.5. The third-order valence-corrected chi connectivity index (χ3v) is 8.36. The van der Waals surface area contributed by atoms with E-state index >= 15 is 0 Å². The van der Waals surface area contributed by atoms with Crippen LogP contribution in [0.15, 0.2) is 30.6 Å². The third-order valence-electron chi connectivity index (χ3n) is 6.20. The fourth-order valence-electron chi connectivity index (χ4n) is 4.37. The minimum absolute atomic E-state index is 0.00537. The lowest BCUT2D eigenvalue weighted by Gasteiger charge is -2.28. The smallest absolute Gasteiger partial charge is 0.151 e. The van der Waals surface area contributed by atoms with Gasteiger partial charge in [0.1, 0.15) is 22.3 Å². The van der Waals surface area contributed by atoms with Gasteiger partial charge in [-0.3, -0.25) is 0 Å². The summed E-state index contributed by atoms with van der Waals surface area (Å²) in [5.74, 6) is 1.60. The fraction of sp³-hybridized carbons (Fsp3) is 0.455. The number of pyridine rings is 2. The summed E-state index contributed by atoms with van der Waals surface area (Å²) in [6.07, 6.45) is 4.42. The third kappa shape index (κ3) is 3.87. The monoisotopic (exact) mass is 477 g/mol. The van der Waals surface area contributed by atoms with Gasteiger partial charge in [0.05, 0.1) is 35.9 Å². The van der Waals surface area contributed by atoms with Crippen LogP contribution in [0.5, 0.6) is 5.75 Å². The molecule has 0 bridgehead atoms. The van der Waals surface area contributed by atoms with Crippen molar-refractivity contribution in [2.75, 3.05) is 38.4 Å². The number of rotatable bonds is 6. The summed E-state index contributed by atoms with van der Waals surface area (Å²) in [7, 11) is -1.24.